The highest BCUT2D eigenvalue weighted by molar-refractivity contribution is 5.89. The van der Waals surface area contributed by atoms with Crippen LogP contribution in [0, 0.1) is 0 Å². The summed E-state index contributed by atoms with van der Waals surface area (Å²) in [5.41, 5.74) is 7.30. The van der Waals surface area contributed by atoms with Gasteiger partial charge in [0.25, 0.3) is 0 Å². The highest BCUT2D eigenvalue weighted by Crippen LogP contribution is 2.26. The van der Waals surface area contributed by atoms with E-state index in [4.69, 9.17) is 0 Å². The number of aliphatic imine (C=N–C) groups is 1. The summed E-state index contributed by atoms with van der Waals surface area (Å²) in [6, 6.07) is 21.5. The van der Waals surface area contributed by atoms with Gasteiger partial charge in [0, 0.05) is 30.5 Å². The SMILES string of the molecule is C/C=C\C(=C/C=Nc1cccc(C(C)(C)C)c1)c1cc[n+](-c2cccc(C(C)(C)C)c2)cc1. The summed E-state index contributed by atoms with van der Waals surface area (Å²) in [5, 5.41) is 0. The summed E-state index contributed by atoms with van der Waals surface area (Å²) in [5.74, 6) is 0. The molecule has 0 atom stereocenters. The molecule has 3 aromatic rings. The molecule has 0 spiro atoms. The molecule has 0 amide bonds. The maximum Gasteiger partial charge on any atom is 0.210 e. The molecule has 2 nitrogen and oxygen atoms in total. The van der Waals surface area contributed by atoms with Crippen LogP contribution in [-0.4, -0.2) is 6.21 Å². The van der Waals surface area contributed by atoms with E-state index in [2.05, 4.69) is 136 Å². The summed E-state index contributed by atoms with van der Waals surface area (Å²) in [6.07, 6.45) is 12.4. The van der Waals surface area contributed by atoms with Gasteiger partial charge in [0.2, 0.25) is 5.69 Å². The van der Waals surface area contributed by atoms with Crippen LogP contribution in [0.1, 0.15) is 65.2 Å². The Kier molecular flexibility index (Phi) is 7.48. The van der Waals surface area contributed by atoms with Gasteiger partial charge in [-0.2, -0.15) is 4.57 Å². The second kappa shape index (κ2) is 10.1. The van der Waals surface area contributed by atoms with Crippen molar-refractivity contribution in [2.45, 2.75) is 59.3 Å². The van der Waals surface area contributed by atoms with Gasteiger partial charge in [-0.05, 0) is 58.2 Å². The average molecular weight is 438 g/mol. The molecule has 0 unspecified atom stereocenters. The van der Waals surface area contributed by atoms with Gasteiger partial charge in [0.05, 0.1) is 5.69 Å². The molecule has 3 rings (SSSR count). The molecule has 0 aliphatic rings. The molecule has 33 heavy (non-hydrogen) atoms. The Hall–Kier alpha value is -3.26. The third-order valence-electron chi connectivity index (χ3n) is 5.71. The molecule has 0 aliphatic carbocycles. The Balaban J connectivity index is 1.85. The number of allylic oxidation sites excluding steroid dienone is 4. The van der Waals surface area contributed by atoms with Gasteiger partial charge in [-0.3, -0.25) is 4.99 Å². The van der Waals surface area contributed by atoms with Gasteiger partial charge in [0.15, 0.2) is 12.4 Å². The molecule has 0 saturated carbocycles. The third kappa shape index (κ3) is 6.61. The normalized spacial score (nSPS) is 13.2. The average Bonchev–Trinajstić information content (AvgIpc) is 2.78. The molecule has 2 heteroatoms. The lowest BCUT2D eigenvalue weighted by Gasteiger charge is -2.18. The van der Waals surface area contributed by atoms with Crippen molar-refractivity contribution in [1.82, 2.24) is 0 Å². The van der Waals surface area contributed by atoms with Crippen LogP contribution < -0.4 is 4.57 Å². The topological polar surface area (TPSA) is 16.2 Å². The maximum atomic E-state index is 4.69. The summed E-state index contributed by atoms with van der Waals surface area (Å²) in [4.78, 5) is 4.69. The molecule has 0 aliphatic heterocycles. The molecule has 2 aromatic carbocycles. The lowest BCUT2D eigenvalue weighted by atomic mass is 9.87. The molecular weight excluding hydrogens is 400 g/mol. The van der Waals surface area contributed by atoms with Crippen LogP contribution in [0.5, 0.6) is 0 Å². The second-order valence-corrected chi connectivity index (χ2v) is 10.5. The van der Waals surface area contributed by atoms with E-state index in [0.717, 1.165) is 16.8 Å². The fourth-order valence-electron chi connectivity index (χ4n) is 3.61. The van der Waals surface area contributed by atoms with Crippen molar-refractivity contribution in [1.29, 1.82) is 0 Å². The minimum Gasteiger partial charge on any atom is -0.257 e. The molecule has 0 saturated heterocycles. The zero-order chi connectivity index (χ0) is 24.1. The van der Waals surface area contributed by atoms with Crippen molar-refractivity contribution in [3.63, 3.8) is 0 Å². The summed E-state index contributed by atoms with van der Waals surface area (Å²) in [6.45, 7) is 15.4. The fourth-order valence-corrected chi connectivity index (χ4v) is 3.61. The first kappa shape index (κ1) is 24.4. The summed E-state index contributed by atoms with van der Waals surface area (Å²) < 4.78 is 2.16. The monoisotopic (exact) mass is 437 g/mol. The molecule has 1 heterocycles. The maximum absolute atomic E-state index is 4.69. The van der Waals surface area contributed by atoms with Crippen LogP contribution in [0.25, 0.3) is 11.3 Å². The van der Waals surface area contributed by atoms with E-state index in [0.29, 0.717) is 0 Å². The quantitative estimate of drug-likeness (QED) is 0.219. The summed E-state index contributed by atoms with van der Waals surface area (Å²) in [7, 11) is 0. The number of nitrogens with zero attached hydrogens (tertiary/aromatic N) is 2. The first-order chi connectivity index (χ1) is 15.6. The molecule has 1 aromatic heterocycles. The van der Waals surface area contributed by atoms with Crippen LogP contribution in [0.3, 0.4) is 0 Å². The zero-order valence-corrected chi connectivity index (χ0v) is 21.1. The Labute approximate surface area is 200 Å². The smallest absolute Gasteiger partial charge is 0.210 e. The molecule has 0 fully saturated rings. The minimum absolute atomic E-state index is 0.114. The van der Waals surface area contributed by atoms with Gasteiger partial charge in [0.1, 0.15) is 0 Å². The number of hydrogen-bond acceptors (Lipinski definition) is 1. The predicted molar refractivity (Wildman–Crippen MR) is 143 cm³/mol. The third-order valence-corrected chi connectivity index (χ3v) is 5.71. The van der Waals surface area contributed by atoms with E-state index in [9.17, 15) is 0 Å². The number of hydrogen-bond donors (Lipinski definition) is 0. The van der Waals surface area contributed by atoms with Gasteiger partial charge in [-0.25, -0.2) is 0 Å². The molecular formula is C31H37N2+. The van der Waals surface area contributed by atoms with Gasteiger partial charge in [-0.1, -0.05) is 78.0 Å². The van der Waals surface area contributed by atoms with E-state index in [1.54, 1.807) is 0 Å². The van der Waals surface area contributed by atoms with Crippen LogP contribution in [0.15, 0.2) is 96.3 Å². The van der Waals surface area contributed by atoms with Crippen molar-refractivity contribution >= 4 is 17.5 Å². The summed E-state index contributed by atoms with van der Waals surface area (Å²) >= 11 is 0. The zero-order valence-electron chi connectivity index (χ0n) is 21.1. The standard InChI is InChI=1S/C31H37N2/c1-8-11-24(16-19-32-28-14-9-12-26(22-28)30(2,3)4)25-17-20-33(21-18-25)29-15-10-13-27(23-29)31(5,6)7/h8-23H,1-7H3/q+1/b11-8-,24-16+,32-19?. The lowest BCUT2D eigenvalue weighted by molar-refractivity contribution is -0.595. The van der Waals surface area contributed by atoms with Crippen molar-refractivity contribution in [3.8, 4) is 5.69 Å². The van der Waals surface area contributed by atoms with Crippen LogP contribution in [0.2, 0.25) is 0 Å². The van der Waals surface area contributed by atoms with Crippen LogP contribution in [-0.2, 0) is 10.8 Å². The molecule has 0 N–H and O–H groups in total. The second-order valence-electron chi connectivity index (χ2n) is 10.5. The van der Waals surface area contributed by atoms with E-state index in [1.165, 1.54) is 16.8 Å². The van der Waals surface area contributed by atoms with Crippen molar-refractivity contribution in [2.75, 3.05) is 0 Å². The lowest BCUT2D eigenvalue weighted by Crippen LogP contribution is -2.30. The van der Waals surface area contributed by atoms with E-state index >= 15 is 0 Å². The van der Waals surface area contributed by atoms with Crippen molar-refractivity contribution in [2.24, 2.45) is 4.99 Å². The highest BCUT2D eigenvalue weighted by atomic mass is 14.9. The molecule has 170 valence electrons. The van der Waals surface area contributed by atoms with E-state index in [-0.39, 0.29) is 10.8 Å². The van der Waals surface area contributed by atoms with Gasteiger partial charge >= 0.3 is 0 Å². The van der Waals surface area contributed by atoms with Crippen molar-refractivity contribution in [3.05, 3.63) is 108 Å². The van der Waals surface area contributed by atoms with Gasteiger partial charge < -0.3 is 0 Å². The Morgan fingerprint density at radius 2 is 1.39 bits per heavy atom. The minimum atomic E-state index is 0.114. The largest absolute Gasteiger partial charge is 0.257 e. The molecule has 0 bridgehead atoms. The Morgan fingerprint density at radius 1 is 0.788 bits per heavy atom. The Bertz CT molecular complexity index is 1160. The van der Waals surface area contributed by atoms with Crippen molar-refractivity contribution < 1.29 is 4.57 Å². The number of benzene rings is 2. The number of rotatable bonds is 5. The number of aromatic nitrogens is 1. The van der Waals surface area contributed by atoms with E-state index < -0.39 is 0 Å². The Morgan fingerprint density at radius 3 is 2.00 bits per heavy atom. The predicted octanol–water partition coefficient (Wildman–Crippen LogP) is 7.92. The first-order valence-electron chi connectivity index (χ1n) is 11.7. The molecule has 0 radical (unpaired) electrons. The first-order valence-corrected chi connectivity index (χ1v) is 11.7. The number of pyridine rings is 1. The van der Waals surface area contributed by atoms with E-state index in [1.807, 2.05) is 19.2 Å². The highest BCUT2D eigenvalue weighted by Gasteiger charge is 2.16. The fraction of sp³-hybridized carbons (Fsp3) is 0.290. The van der Waals surface area contributed by atoms with Crippen LogP contribution in [0.4, 0.5) is 5.69 Å². The van der Waals surface area contributed by atoms with Crippen LogP contribution >= 0.6 is 0 Å². The van der Waals surface area contributed by atoms with Gasteiger partial charge in [-0.15, -0.1) is 0 Å².